The molecular formula is C9H17NO. The molecule has 0 aromatic rings. The van der Waals surface area contributed by atoms with Crippen LogP contribution in [0.1, 0.15) is 27.2 Å². The van der Waals surface area contributed by atoms with E-state index in [9.17, 15) is 0 Å². The standard InChI is InChI=1S/C9H17NO/c1-8(2,3)7-9(6-11-7)4-5-10-9/h7,10H,4-6H2,1-3H3. The molecule has 2 atom stereocenters. The third-order valence-corrected chi connectivity index (χ3v) is 2.84. The van der Waals surface area contributed by atoms with E-state index < -0.39 is 0 Å². The Hall–Kier alpha value is -0.0800. The third kappa shape index (κ3) is 0.926. The maximum Gasteiger partial charge on any atom is 0.0828 e. The smallest absolute Gasteiger partial charge is 0.0828 e. The monoisotopic (exact) mass is 155 g/mol. The maximum atomic E-state index is 5.59. The van der Waals surface area contributed by atoms with Crippen LogP contribution in [0.5, 0.6) is 0 Å². The SMILES string of the molecule is CC(C)(C)C1OCC12CCN2. The van der Waals surface area contributed by atoms with E-state index in [1.807, 2.05) is 0 Å². The highest BCUT2D eigenvalue weighted by Gasteiger charge is 2.56. The van der Waals surface area contributed by atoms with E-state index in [4.69, 9.17) is 4.74 Å². The van der Waals surface area contributed by atoms with Gasteiger partial charge in [-0.05, 0) is 18.4 Å². The van der Waals surface area contributed by atoms with E-state index in [1.165, 1.54) is 13.0 Å². The van der Waals surface area contributed by atoms with Crippen LogP contribution in [0, 0.1) is 5.41 Å². The van der Waals surface area contributed by atoms with Gasteiger partial charge in [-0.1, -0.05) is 20.8 Å². The van der Waals surface area contributed by atoms with Crippen molar-refractivity contribution < 1.29 is 4.74 Å². The van der Waals surface area contributed by atoms with Gasteiger partial charge in [-0.25, -0.2) is 0 Å². The Morgan fingerprint density at radius 2 is 2.09 bits per heavy atom. The average Bonchev–Trinajstić information content (AvgIpc) is 1.49. The molecule has 0 aliphatic carbocycles. The van der Waals surface area contributed by atoms with Gasteiger partial charge in [0.25, 0.3) is 0 Å². The summed E-state index contributed by atoms with van der Waals surface area (Å²) < 4.78 is 5.59. The summed E-state index contributed by atoms with van der Waals surface area (Å²) in [5.41, 5.74) is 0.671. The zero-order valence-corrected chi connectivity index (χ0v) is 7.61. The van der Waals surface area contributed by atoms with Crippen molar-refractivity contribution in [1.29, 1.82) is 0 Å². The van der Waals surface area contributed by atoms with Crippen molar-refractivity contribution >= 4 is 0 Å². The summed E-state index contributed by atoms with van der Waals surface area (Å²) in [5.74, 6) is 0. The fourth-order valence-electron chi connectivity index (χ4n) is 2.24. The van der Waals surface area contributed by atoms with Crippen molar-refractivity contribution in [2.45, 2.75) is 38.8 Å². The van der Waals surface area contributed by atoms with Gasteiger partial charge in [0.15, 0.2) is 0 Å². The zero-order valence-electron chi connectivity index (χ0n) is 7.61. The van der Waals surface area contributed by atoms with Gasteiger partial charge in [0, 0.05) is 0 Å². The normalized spacial score (nSPS) is 43.4. The molecule has 2 rings (SSSR count). The fourth-order valence-corrected chi connectivity index (χ4v) is 2.24. The number of ether oxygens (including phenoxy) is 1. The van der Waals surface area contributed by atoms with E-state index in [1.54, 1.807) is 0 Å². The van der Waals surface area contributed by atoms with Gasteiger partial charge in [-0.2, -0.15) is 0 Å². The molecule has 0 amide bonds. The quantitative estimate of drug-likeness (QED) is 0.567. The Labute approximate surface area is 68.3 Å². The van der Waals surface area contributed by atoms with Crippen molar-refractivity contribution in [1.82, 2.24) is 5.32 Å². The lowest BCUT2D eigenvalue weighted by atomic mass is 9.68. The number of hydrogen-bond acceptors (Lipinski definition) is 2. The molecule has 0 aromatic heterocycles. The van der Waals surface area contributed by atoms with Crippen LogP contribution in [0.15, 0.2) is 0 Å². The first-order valence-corrected chi connectivity index (χ1v) is 4.41. The minimum atomic E-state index is 0.297. The molecule has 0 saturated carbocycles. The molecule has 11 heavy (non-hydrogen) atoms. The molecular weight excluding hydrogens is 138 g/mol. The van der Waals surface area contributed by atoms with Crippen LogP contribution in [0.3, 0.4) is 0 Å². The first kappa shape index (κ1) is 7.56. The van der Waals surface area contributed by atoms with Crippen LogP contribution in [0.25, 0.3) is 0 Å². The molecule has 0 bridgehead atoms. The van der Waals surface area contributed by atoms with Gasteiger partial charge >= 0.3 is 0 Å². The van der Waals surface area contributed by atoms with Crippen LogP contribution in [0.2, 0.25) is 0 Å². The Morgan fingerprint density at radius 1 is 1.45 bits per heavy atom. The van der Waals surface area contributed by atoms with E-state index in [0.717, 1.165) is 6.61 Å². The largest absolute Gasteiger partial charge is 0.374 e. The van der Waals surface area contributed by atoms with Crippen molar-refractivity contribution in [3.05, 3.63) is 0 Å². The second-order valence-corrected chi connectivity index (χ2v) is 4.89. The number of nitrogens with one attached hydrogen (secondary N) is 1. The van der Waals surface area contributed by atoms with Crippen LogP contribution in [-0.4, -0.2) is 24.8 Å². The first-order chi connectivity index (χ1) is 5.05. The summed E-state index contributed by atoms with van der Waals surface area (Å²) in [4.78, 5) is 0. The van der Waals surface area contributed by atoms with E-state index in [0.29, 0.717) is 17.1 Å². The van der Waals surface area contributed by atoms with Crippen LogP contribution < -0.4 is 5.32 Å². The van der Waals surface area contributed by atoms with Crippen molar-refractivity contribution in [3.8, 4) is 0 Å². The minimum Gasteiger partial charge on any atom is -0.374 e. The lowest BCUT2D eigenvalue weighted by Crippen LogP contribution is -2.77. The van der Waals surface area contributed by atoms with Gasteiger partial charge in [0.05, 0.1) is 18.2 Å². The molecule has 2 heteroatoms. The van der Waals surface area contributed by atoms with Crippen LogP contribution in [0.4, 0.5) is 0 Å². The molecule has 2 heterocycles. The second kappa shape index (κ2) is 1.99. The molecule has 0 radical (unpaired) electrons. The summed E-state index contributed by atoms with van der Waals surface area (Å²) in [7, 11) is 0. The zero-order chi connectivity index (χ0) is 8.11. The van der Waals surface area contributed by atoms with Crippen LogP contribution in [-0.2, 0) is 4.74 Å². The predicted octanol–water partition coefficient (Wildman–Crippen LogP) is 1.16. The molecule has 2 nitrogen and oxygen atoms in total. The van der Waals surface area contributed by atoms with Gasteiger partial charge in [-0.15, -0.1) is 0 Å². The molecule has 2 saturated heterocycles. The summed E-state index contributed by atoms with van der Waals surface area (Å²) in [6.07, 6.45) is 1.73. The lowest BCUT2D eigenvalue weighted by molar-refractivity contribution is -0.218. The van der Waals surface area contributed by atoms with Gasteiger partial charge < -0.3 is 10.1 Å². The number of rotatable bonds is 0. The minimum absolute atomic E-state index is 0.297. The van der Waals surface area contributed by atoms with Crippen molar-refractivity contribution in [2.75, 3.05) is 13.2 Å². The summed E-state index contributed by atoms with van der Waals surface area (Å²) in [6, 6.07) is 0. The molecule has 1 spiro atoms. The fraction of sp³-hybridized carbons (Fsp3) is 1.00. The molecule has 0 aromatic carbocycles. The van der Waals surface area contributed by atoms with E-state index in [2.05, 4.69) is 26.1 Å². The highest BCUT2D eigenvalue weighted by Crippen LogP contribution is 2.43. The molecule has 2 fully saturated rings. The molecule has 1 N–H and O–H groups in total. The van der Waals surface area contributed by atoms with Gasteiger partial charge in [0.2, 0.25) is 0 Å². The second-order valence-electron chi connectivity index (χ2n) is 4.89. The molecule has 2 aliphatic rings. The van der Waals surface area contributed by atoms with Crippen molar-refractivity contribution in [2.24, 2.45) is 5.41 Å². The Morgan fingerprint density at radius 3 is 2.18 bits per heavy atom. The molecule has 2 aliphatic heterocycles. The Bertz CT molecular complexity index is 161. The van der Waals surface area contributed by atoms with Gasteiger partial charge in [-0.3, -0.25) is 0 Å². The van der Waals surface area contributed by atoms with Crippen LogP contribution >= 0.6 is 0 Å². The van der Waals surface area contributed by atoms with E-state index >= 15 is 0 Å². The topological polar surface area (TPSA) is 21.3 Å². The average molecular weight is 155 g/mol. The third-order valence-electron chi connectivity index (χ3n) is 2.84. The highest BCUT2D eigenvalue weighted by molar-refractivity contribution is 5.12. The Kier molecular flexibility index (Phi) is 1.37. The van der Waals surface area contributed by atoms with Crippen molar-refractivity contribution in [3.63, 3.8) is 0 Å². The molecule has 64 valence electrons. The summed E-state index contributed by atoms with van der Waals surface area (Å²) >= 11 is 0. The first-order valence-electron chi connectivity index (χ1n) is 4.41. The van der Waals surface area contributed by atoms with Gasteiger partial charge in [0.1, 0.15) is 0 Å². The predicted molar refractivity (Wildman–Crippen MR) is 44.5 cm³/mol. The summed E-state index contributed by atoms with van der Waals surface area (Å²) in [6.45, 7) is 8.85. The molecule has 2 unspecified atom stereocenters. The summed E-state index contributed by atoms with van der Waals surface area (Å²) in [5, 5.41) is 3.49. The number of hydrogen-bond donors (Lipinski definition) is 1. The highest BCUT2D eigenvalue weighted by atomic mass is 16.5. The maximum absolute atomic E-state index is 5.59. The Balaban J connectivity index is 2.06. The van der Waals surface area contributed by atoms with E-state index in [-0.39, 0.29) is 0 Å². The lowest BCUT2D eigenvalue weighted by Gasteiger charge is -2.60.